The van der Waals surface area contributed by atoms with Crippen LogP contribution < -0.4 is 0 Å². The first kappa shape index (κ1) is 8.62. The van der Waals surface area contributed by atoms with Crippen molar-refractivity contribution in [3.63, 3.8) is 0 Å². The first-order valence-corrected chi connectivity index (χ1v) is 3.94. The SMILES string of the molecule is OCCc1ncc(F)cc1Br. The van der Waals surface area contributed by atoms with Gasteiger partial charge >= 0.3 is 0 Å². The first-order chi connectivity index (χ1) is 5.24. The van der Waals surface area contributed by atoms with Crippen molar-refractivity contribution in [1.29, 1.82) is 0 Å². The van der Waals surface area contributed by atoms with Gasteiger partial charge in [-0.1, -0.05) is 0 Å². The summed E-state index contributed by atoms with van der Waals surface area (Å²) in [4.78, 5) is 3.79. The summed E-state index contributed by atoms with van der Waals surface area (Å²) in [5.41, 5.74) is 0.675. The average molecular weight is 220 g/mol. The average Bonchev–Trinajstić information content (AvgIpc) is 1.95. The molecular weight excluding hydrogens is 213 g/mol. The molecule has 1 N–H and O–H groups in total. The zero-order valence-corrected chi connectivity index (χ0v) is 7.31. The number of aromatic nitrogens is 1. The molecule has 11 heavy (non-hydrogen) atoms. The Morgan fingerprint density at radius 1 is 1.64 bits per heavy atom. The smallest absolute Gasteiger partial charge is 0.142 e. The number of hydrogen-bond donors (Lipinski definition) is 1. The third-order valence-electron chi connectivity index (χ3n) is 1.23. The minimum Gasteiger partial charge on any atom is -0.396 e. The van der Waals surface area contributed by atoms with Crippen LogP contribution in [0.1, 0.15) is 5.69 Å². The molecule has 0 unspecified atom stereocenters. The van der Waals surface area contributed by atoms with Crippen molar-refractivity contribution in [3.05, 3.63) is 28.2 Å². The highest BCUT2D eigenvalue weighted by Crippen LogP contribution is 2.15. The van der Waals surface area contributed by atoms with Crippen LogP contribution in [0.4, 0.5) is 4.39 Å². The monoisotopic (exact) mass is 219 g/mol. The summed E-state index contributed by atoms with van der Waals surface area (Å²) in [5.74, 6) is -0.376. The normalized spacial score (nSPS) is 10.1. The highest BCUT2D eigenvalue weighted by molar-refractivity contribution is 9.10. The summed E-state index contributed by atoms with van der Waals surface area (Å²) in [6.07, 6.45) is 1.58. The predicted molar refractivity (Wildman–Crippen MR) is 42.7 cm³/mol. The van der Waals surface area contributed by atoms with Gasteiger partial charge in [-0.15, -0.1) is 0 Å². The zero-order valence-electron chi connectivity index (χ0n) is 5.72. The Kier molecular flexibility index (Phi) is 2.96. The van der Waals surface area contributed by atoms with Crippen LogP contribution in [0.15, 0.2) is 16.7 Å². The second kappa shape index (κ2) is 3.78. The third-order valence-corrected chi connectivity index (χ3v) is 1.92. The Hall–Kier alpha value is -0.480. The second-order valence-electron chi connectivity index (χ2n) is 2.06. The number of pyridine rings is 1. The fourth-order valence-electron chi connectivity index (χ4n) is 0.733. The quantitative estimate of drug-likeness (QED) is 0.819. The molecule has 0 aliphatic heterocycles. The lowest BCUT2D eigenvalue weighted by Gasteiger charge is -1.99. The Bertz CT molecular complexity index is 254. The summed E-state index contributed by atoms with van der Waals surface area (Å²) in [7, 11) is 0. The molecule has 0 spiro atoms. The van der Waals surface area contributed by atoms with Crippen molar-refractivity contribution in [2.24, 2.45) is 0 Å². The third kappa shape index (κ3) is 2.24. The van der Waals surface area contributed by atoms with E-state index in [0.717, 1.165) is 6.20 Å². The molecule has 0 fully saturated rings. The first-order valence-electron chi connectivity index (χ1n) is 3.15. The molecule has 1 aromatic rings. The van der Waals surface area contributed by atoms with E-state index in [-0.39, 0.29) is 12.4 Å². The maximum absolute atomic E-state index is 12.4. The molecule has 1 rings (SSSR count). The number of rotatable bonds is 2. The van der Waals surface area contributed by atoms with Gasteiger partial charge in [-0.2, -0.15) is 0 Å². The predicted octanol–water partition coefficient (Wildman–Crippen LogP) is 1.52. The largest absolute Gasteiger partial charge is 0.396 e. The highest BCUT2D eigenvalue weighted by Gasteiger charge is 2.01. The molecule has 0 atom stereocenters. The number of hydrogen-bond acceptors (Lipinski definition) is 2. The summed E-state index contributed by atoms with van der Waals surface area (Å²) in [6.45, 7) is 0.0250. The number of aliphatic hydroxyl groups is 1. The van der Waals surface area contributed by atoms with Gasteiger partial charge in [0.15, 0.2) is 0 Å². The van der Waals surface area contributed by atoms with Crippen molar-refractivity contribution in [2.45, 2.75) is 6.42 Å². The molecule has 60 valence electrons. The van der Waals surface area contributed by atoms with Crippen molar-refractivity contribution in [2.75, 3.05) is 6.61 Å². The van der Waals surface area contributed by atoms with Gasteiger partial charge in [0.05, 0.1) is 11.9 Å². The molecule has 0 radical (unpaired) electrons. The molecule has 1 heterocycles. The van der Waals surface area contributed by atoms with Gasteiger partial charge < -0.3 is 5.11 Å². The van der Waals surface area contributed by atoms with Gasteiger partial charge in [-0.25, -0.2) is 4.39 Å². The van der Waals surface area contributed by atoms with Crippen LogP contribution in [-0.2, 0) is 6.42 Å². The van der Waals surface area contributed by atoms with Gasteiger partial charge in [0.1, 0.15) is 5.82 Å². The molecule has 2 nitrogen and oxygen atoms in total. The standard InChI is InChI=1S/C7H7BrFNO/c8-6-3-5(9)4-10-7(6)1-2-11/h3-4,11H,1-2H2. The van der Waals surface area contributed by atoms with Crippen LogP contribution in [0.2, 0.25) is 0 Å². The molecule has 1 aromatic heterocycles. The summed E-state index contributed by atoms with van der Waals surface area (Å²) in [5, 5.41) is 8.56. The zero-order chi connectivity index (χ0) is 8.27. The van der Waals surface area contributed by atoms with Crippen molar-refractivity contribution < 1.29 is 9.50 Å². The van der Waals surface area contributed by atoms with E-state index in [9.17, 15) is 4.39 Å². The minimum absolute atomic E-state index is 0.0250. The lowest BCUT2D eigenvalue weighted by Crippen LogP contribution is -1.96. The molecule has 0 saturated heterocycles. The molecule has 0 bridgehead atoms. The van der Waals surface area contributed by atoms with Gasteiger partial charge in [-0.05, 0) is 22.0 Å². The van der Waals surface area contributed by atoms with Gasteiger partial charge in [-0.3, -0.25) is 4.98 Å². The van der Waals surface area contributed by atoms with Gasteiger partial charge in [0.25, 0.3) is 0 Å². The maximum atomic E-state index is 12.4. The lowest BCUT2D eigenvalue weighted by atomic mass is 10.3. The van der Waals surface area contributed by atoms with Crippen molar-refractivity contribution in [1.82, 2.24) is 4.98 Å². The van der Waals surface area contributed by atoms with E-state index in [1.165, 1.54) is 6.07 Å². The number of nitrogens with zero attached hydrogens (tertiary/aromatic N) is 1. The molecule has 0 aliphatic carbocycles. The van der Waals surface area contributed by atoms with Gasteiger partial charge in [0.2, 0.25) is 0 Å². The second-order valence-corrected chi connectivity index (χ2v) is 2.91. The Morgan fingerprint density at radius 3 is 2.91 bits per heavy atom. The Labute approximate surface area is 72.2 Å². The van der Waals surface area contributed by atoms with Crippen LogP contribution in [-0.4, -0.2) is 16.7 Å². The van der Waals surface area contributed by atoms with E-state index in [4.69, 9.17) is 5.11 Å². The van der Waals surface area contributed by atoms with E-state index in [2.05, 4.69) is 20.9 Å². The topological polar surface area (TPSA) is 33.1 Å². The van der Waals surface area contributed by atoms with E-state index >= 15 is 0 Å². The Morgan fingerprint density at radius 2 is 2.36 bits per heavy atom. The van der Waals surface area contributed by atoms with Crippen molar-refractivity contribution in [3.8, 4) is 0 Å². The van der Waals surface area contributed by atoms with E-state index in [1.54, 1.807) is 0 Å². The molecule has 4 heteroatoms. The molecule has 0 aromatic carbocycles. The lowest BCUT2D eigenvalue weighted by molar-refractivity contribution is 0.298. The van der Waals surface area contributed by atoms with Crippen LogP contribution in [0.25, 0.3) is 0 Å². The van der Waals surface area contributed by atoms with Crippen LogP contribution in [0.3, 0.4) is 0 Å². The van der Waals surface area contributed by atoms with Crippen molar-refractivity contribution >= 4 is 15.9 Å². The maximum Gasteiger partial charge on any atom is 0.142 e. The van der Waals surface area contributed by atoms with E-state index < -0.39 is 0 Å². The van der Waals surface area contributed by atoms with Crippen LogP contribution in [0, 0.1) is 5.82 Å². The van der Waals surface area contributed by atoms with Gasteiger partial charge in [0, 0.05) is 17.5 Å². The van der Waals surface area contributed by atoms with Crippen LogP contribution in [0.5, 0.6) is 0 Å². The number of halogens is 2. The minimum atomic E-state index is -0.376. The van der Waals surface area contributed by atoms with Crippen LogP contribution >= 0.6 is 15.9 Å². The molecule has 0 amide bonds. The molecule has 0 saturated carbocycles. The fourth-order valence-corrected chi connectivity index (χ4v) is 1.25. The summed E-state index contributed by atoms with van der Waals surface area (Å²) < 4.78 is 13.0. The molecular formula is C7H7BrFNO. The fraction of sp³-hybridized carbons (Fsp3) is 0.286. The van der Waals surface area contributed by atoms with E-state index in [0.29, 0.717) is 16.6 Å². The Balaban J connectivity index is 2.90. The highest BCUT2D eigenvalue weighted by atomic mass is 79.9. The molecule has 0 aliphatic rings. The summed E-state index contributed by atoms with van der Waals surface area (Å²) in [6, 6.07) is 1.33. The number of aliphatic hydroxyl groups excluding tert-OH is 1. The van der Waals surface area contributed by atoms with E-state index in [1.807, 2.05) is 0 Å². The summed E-state index contributed by atoms with van der Waals surface area (Å²) >= 11 is 3.13.